The predicted octanol–water partition coefficient (Wildman–Crippen LogP) is 1.71. The van der Waals surface area contributed by atoms with Crippen LogP contribution in [0.15, 0.2) is 18.2 Å². The summed E-state index contributed by atoms with van der Waals surface area (Å²) in [6, 6.07) is 4.03. The van der Waals surface area contributed by atoms with Crippen molar-refractivity contribution in [3.8, 4) is 0 Å². The van der Waals surface area contributed by atoms with Gasteiger partial charge in [-0.15, -0.1) is 0 Å². The lowest BCUT2D eigenvalue weighted by molar-refractivity contribution is 0.0693. The van der Waals surface area contributed by atoms with Crippen molar-refractivity contribution in [2.45, 2.75) is 19.4 Å². The van der Waals surface area contributed by atoms with Crippen molar-refractivity contribution in [2.75, 3.05) is 11.9 Å². The molecule has 0 spiro atoms. The van der Waals surface area contributed by atoms with E-state index in [4.69, 9.17) is 10.2 Å². The number of hydrogen-bond donors (Lipinski definition) is 3. The van der Waals surface area contributed by atoms with Crippen molar-refractivity contribution in [3.05, 3.63) is 29.6 Å². The highest BCUT2D eigenvalue weighted by Gasteiger charge is 2.15. The molecule has 4 nitrogen and oxygen atoms in total. The molecule has 0 bridgehead atoms. The molecule has 1 aromatic carbocycles. The van der Waals surface area contributed by atoms with Gasteiger partial charge in [0.15, 0.2) is 0 Å². The smallest absolute Gasteiger partial charge is 0.340 e. The normalized spacial score (nSPS) is 12.2. The van der Waals surface area contributed by atoms with Gasteiger partial charge in [0.05, 0.1) is 11.8 Å². The van der Waals surface area contributed by atoms with Crippen LogP contribution in [-0.4, -0.2) is 28.8 Å². The number of carbonyl (C=O) groups is 1. The molecule has 1 rings (SSSR count). The number of carboxylic acids is 1. The Morgan fingerprint density at radius 1 is 1.56 bits per heavy atom. The molecule has 0 saturated carbocycles. The van der Waals surface area contributed by atoms with Gasteiger partial charge in [0, 0.05) is 6.54 Å². The third kappa shape index (κ3) is 3.20. The molecule has 1 aromatic rings. The van der Waals surface area contributed by atoms with Crippen LogP contribution < -0.4 is 5.32 Å². The summed E-state index contributed by atoms with van der Waals surface area (Å²) in [5.74, 6) is -2.08. The highest BCUT2D eigenvalue weighted by Crippen LogP contribution is 2.18. The SMILES string of the molecule is CC(O)CCNc1cccc(F)c1C(=O)O. The number of aromatic carboxylic acids is 1. The molecule has 0 aliphatic rings. The first-order chi connectivity index (χ1) is 7.52. The van der Waals surface area contributed by atoms with E-state index in [0.29, 0.717) is 13.0 Å². The first-order valence-electron chi connectivity index (χ1n) is 4.96. The van der Waals surface area contributed by atoms with Crippen LogP contribution in [0, 0.1) is 5.82 Å². The zero-order chi connectivity index (χ0) is 12.1. The molecule has 88 valence electrons. The quantitative estimate of drug-likeness (QED) is 0.716. The molecule has 0 aliphatic carbocycles. The van der Waals surface area contributed by atoms with Crippen molar-refractivity contribution >= 4 is 11.7 Å². The number of carboxylic acid groups (broad SMARTS) is 1. The van der Waals surface area contributed by atoms with Crippen molar-refractivity contribution < 1.29 is 19.4 Å². The number of rotatable bonds is 5. The second kappa shape index (κ2) is 5.46. The summed E-state index contributed by atoms with van der Waals surface area (Å²) in [6.07, 6.45) is -0.00964. The van der Waals surface area contributed by atoms with Gasteiger partial charge in [0.1, 0.15) is 11.4 Å². The summed E-state index contributed by atoms with van der Waals surface area (Å²) >= 11 is 0. The third-order valence-corrected chi connectivity index (χ3v) is 2.11. The van der Waals surface area contributed by atoms with E-state index in [0.717, 1.165) is 6.07 Å². The van der Waals surface area contributed by atoms with Gasteiger partial charge in [-0.1, -0.05) is 6.07 Å². The van der Waals surface area contributed by atoms with Gasteiger partial charge >= 0.3 is 5.97 Å². The van der Waals surface area contributed by atoms with Crippen LogP contribution in [0.25, 0.3) is 0 Å². The summed E-state index contributed by atoms with van der Waals surface area (Å²) in [5, 5.41) is 20.6. The van der Waals surface area contributed by atoms with E-state index in [9.17, 15) is 9.18 Å². The lowest BCUT2D eigenvalue weighted by atomic mass is 10.1. The molecule has 0 heterocycles. The van der Waals surface area contributed by atoms with Crippen LogP contribution in [0.5, 0.6) is 0 Å². The number of aliphatic hydroxyl groups excluding tert-OH is 1. The van der Waals surface area contributed by atoms with Crippen LogP contribution in [0.4, 0.5) is 10.1 Å². The van der Waals surface area contributed by atoms with Gasteiger partial charge in [0.25, 0.3) is 0 Å². The highest BCUT2D eigenvalue weighted by molar-refractivity contribution is 5.94. The number of nitrogens with one attached hydrogen (secondary N) is 1. The summed E-state index contributed by atoms with van der Waals surface area (Å²) in [7, 11) is 0. The molecule has 0 radical (unpaired) electrons. The Morgan fingerprint density at radius 2 is 2.25 bits per heavy atom. The molecule has 16 heavy (non-hydrogen) atoms. The lowest BCUT2D eigenvalue weighted by Gasteiger charge is -2.10. The third-order valence-electron chi connectivity index (χ3n) is 2.11. The van der Waals surface area contributed by atoms with E-state index in [-0.39, 0.29) is 11.3 Å². The van der Waals surface area contributed by atoms with Crippen molar-refractivity contribution in [1.29, 1.82) is 0 Å². The topological polar surface area (TPSA) is 69.6 Å². The molecule has 0 fully saturated rings. The van der Waals surface area contributed by atoms with E-state index in [1.807, 2.05) is 0 Å². The van der Waals surface area contributed by atoms with E-state index < -0.39 is 17.9 Å². The molecular weight excluding hydrogens is 213 g/mol. The maximum atomic E-state index is 13.2. The molecule has 1 unspecified atom stereocenters. The maximum Gasteiger partial charge on any atom is 0.340 e. The van der Waals surface area contributed by atoms with Crippen molar-refractivity contribution in [3.63, 3.8) is 0 Å². The number of anilines is 1. The van der Waals surface area contributed by atoms with Crippen molar-refractivity contribution in [2.24, 2.45) is 0 Å². The number of benzene rings is 1. The maximum absolute atomic E-state index is 13.2. The standard InChI is InChI=1S/C11H14FNO3/c1-7(14)5-6-13-9-4-2-3-8(12)10(9)11(15)16/h2-4,7,13-14H,5-6H2,1H3,(H,15,16). The van der Waals surface area contributed by atoms with Gasteiger partial charge in [-0.25, -0.2) is 9.18 Å². The van der Waals surface area contributed by atoms with Crippen LogP contribution in [-0.2, 0) is 0 Å². The Labute approximate surface area is 92.7 Å². The van der Waals surface area contributed by atoms with Crippen LogP contribution >= 0.6 is 0 Å². The number of hydrogen-bond acceptors (Lipinski definition) is 3. The van der Waals surface area contributed by atoms with E-state index in [1.165, 1.54) is 12.1 Å². The van der Waals surface area contributed by atoms with Crippen molar-refractivity contribution in [1.82, 2.24) is 0 Å². The summed E-state index contributed by atoms with van der Waals surface area (Å²) in [5.41, 5.74) is -0.138. The first kappa shape index (κ1) is 12.4. The zero-order valence-corrected chi connectivity index (χ0v) is 8.90. The average Bonchev–Trinajstić information content (AvgIpc) is 2.16. The average molecular weight is 227 g/mol. The molecule has 0 aliphatic heterocycles. The van der Waals surface area contributed by atoms with E-state index >= 15 is 0 Å². The first-order valence-corrected chi connectivity index (χ1v) is 4.96. The fraction of sp³-hybridized carbons (Fsp3) is 0.364. The molecular formula is C11H14FNO3. The summed E-state index contributed by atoms with van der Waals surface area (Å²) in [6.45, 7) is 2.02. The van der Waals surface area contributed by atoms with Gasteiger partial charge in [-0.05, 0) is 25.5 Å². The fourth-order valence-corrected chi connectivity index (χ4v) is 1.30. The molecule has 5 heteroatoms. The molecule has 0 aromatic heterocycles. The Bertz CT molecular complexity index is 379. The Balaban J connectivity index is 2.79. The van der Waals surface area contributed by atoms with Crippen LogP contribution in [0.1, 0.15) is 23.7 Å². The minimum Gasteiger partial charge on any atom is -0.478 e. The minimum atomic E-state index is -1.31. The van der Waals surface area contributed by atoms with E-state index in [1.54, 1.807) is 6.92 Å². The Hall–Kier alpha value is -1.62. The van der Waals surface area contributed by atoms with Crippen LogP contribution in [0.2, 0.25) is 0 Å². The molecule has 0 saturated heterocycles. The number of aliphatic hydroxyl groups is 1. The summed E-state index contributed by atoms with van der Waals surface area (Å²) in [4.78, 5) is 10.8. The largest absolute Gasteiger partial charge is 0.478 e. The Kier molecular flexibility index (Phi) is 4.25. The second-order valence-corrected chi connectivity index (χ2v) is 3.53. The van der Waals surface area contributed by atoms with Gasteiger partial charge in [-0.3, -0.25) is 0 Å². The number of halogens is 1. The highest BCUT2D eigenvalue weighted by atomic mass is 19.1. The Morgan fingerprint density at radius 3 is 2.81 bits per heavy atom. The van der Waals surface area contributed by atoms with Crippen LogP contribution in [0.3, 0.4) is 0 Å². The minimum absolute atomic E-state index is 0.230. The summed E-state index contributed by atoms with van der Waals surface area (Å²) < 4.78 is 13.2. The monoisotopic (exact) mass is 227 g/mol. The molecule has 1 atom stereocenters. The zero-order valence-electron chi connectivity index (χ0n) is 8.90. The van der Waals surface area contributed by atoms with E-state index in [2.05, 4.69) is 5.32 Å². The predicted molar refractivity (Wildman–Crippen MR) is 58.1 cm³/mol. The second-order valence-electron chi connectivity index (χ2n) is 3.53. The van der Waals surface area contributed by atoms with Gasteiger partial charge in [-0.2, -0.15) is 0 Å². The molecule has 0 amide bonds. The van der Waals surface area contributed by atoms with Gasteiger partial charge in [0.2, 0.25) is 0 Å². The fourth-order valence-electron chi connectivity index (χ4n) is 1.30. The lowest BCUT2D eigenvalue weighted by Crippen LogP contribution is -2.13. The van der Waals surface area contributed by atoms with Gasteiger partial charge < -0.3 is 15.5 Å². The molecule has 3 N–H and O–H groups in total.